The fourth-order valence-electron chi connectivity index (χ4n) is 2.81. The maximum atomic E-state index is 12.2. The summed E-state index contributed by atoms with van der Waals surface area (Å²) in [6.45, 7) is 0. The number of nitrogens with two attached hydrogens (primary N) is 1. The van der Waals surface area contributed by atoms with Crippen LogP contribution in [0.15, 0.2) is 60.8 Å². The minimum absolute atomic E-state index is 0.0644. The molecule has 0 aliphatic heterocycles. The van der Waals surface area contributed by atoms with Crippen LogP contribution in [0.25, 0.3) is 5.69 Å². The molecule has 3 aromatic rings. The van der Waals surface area contributed by atoms with E-state index in [0.717, 1.165) is 5.56 Å². The summed E-state index contributed by atoms with van der Waals surface area (Å²) in [5.41, 5.74) is 8.37. The zero-order valence-corrected chi connectivity index (χ0v) is 15.2. The Morgan fingerprint density at radius 1 is 1.14 bits per heavy atom. The van der Waals surface area contributed by atoms with Crippen molar-refractivity contribution in [3.05, 3.63) is 77.6 Å². The summed E-state index contributed by atoms with van der Waals surface area (Å²) in [4.78, 5) is 24.2. The number of carbonyl (C=O) groups is 2. The first kappa shape index (κ1) is 18.7. The second kappa shape index (κ2) is 8.10. The Morgan fingerprint density at radius 3 is 2.43 bits per heavy atom. The van der Waals surface area contributed by atoms with Crippen LogP contribution in [0, 0.1) is 11.3 Å². The van der Waals surface area contributed by atoms with Gasteiger partial charge < -0.3 is 20.4 Å². The fourth-order valence-corrected chi connectivity index (χ4v) is 2.81. The molecule has 0 saturated carbocycles. The van der Waals surface area contributed by atoms with Crippen molar-refractivity contribution in [2.75, 3.05) is 18.2 Å². The van der Waals surface area contributed by atoms with E-state index in [-0.39, 0.29) is 29.3 Å². The summed E-state index contributed by atoms with van der Waals surface area (Å²) >= 11 is 0. The minimum atomic E-state index is -0.640. The van der Waals surface area contributed by atoms with Gasteiger partial charge in [-0.2, -0.15) is 5.26 Å². The van der Waals surface area contributed by atoms with Gasteiger partial charge in [-0.15, -0.1) is 0 Å². The lowest BCUT2D eigenvalue weighted by atomic mass is 10.1. The van der Waals surface area contributed by atoms with Gasteiger partial charge in [-0.3, -0.25) is 4.79 Å². The van der Waals surface area contributed by atoms with Crippen LogP contribution < -0.4 is 11.1 Å². The van der Waals surface area contributed by atoms with Crippen LogP contribution in [-0.2, 0) is 16.0 Å². The van der Waals surface area contributed by atoms with E-state index in [1.54, 1.807) is 24.3 Å². The molecule has 2 aromatic carbocycles. The van der Waals surface area contributed by atoms with Gasteiger partial charge in [-0.25, -0.2) is 4.79 Å². The fraction of sp³-hybridized carbons (Fsp3) is 0.0952. The second-order valence-electron chi connectivity index (χ2n) is 6.04. The minimum Gasteiger partial charge on any atom is -0.464 e. The molecule has 140 valence electrons. The molecular weight excluding hydrogens is 356 g/mol. The first-order valence-electron chi connectivity index (χ1n) is 8.47. The molecule has 0 atom stereocenters. The van der Waals surface area contributed by atoms with Gasteiger partial charge in [0.2, 0.25) is 5.91 Å². The Kier molecular flexibility index (Phi) is 5.42. The number of carbonyl (C=O) groups excluding carboxylic acids is 2. The number of ether oxygens (including phenoxy) is 1. The van der Waals surface area contributed by atoms with Crippen molar-refractivity contribution in [3.63, 3.8) is 0 Å². The first-order valence-corrected chi connectivity index (χ1v) is 8.47. The second-order valence-corrected chi connectivity index (χ2v) is 6.04. The topological polar surface area (TPSA) is 110 Å². The Labute approximate surface area is 162 Å². The maximum Gasteiger partial charge on any atom is 0.357 e. The number of benzene rings is 2. The van der Waals surface area contributed by atoms with E-state index in [4.69, 9.17) is 10.5 Å². The number of amides is 1. The third kappa shape index (κ3) is 3.86. The number of nitriles is 1. The van der Waals surface area contributed by atoms with E-state index < -0.39 is 5.97 Å². The molecule has 7 nitrogen and oxygen atoms in total. The van der Waals surface area contributed by atoms with Gasteiger partial charge in [0.05, 0.1) is 24.8 Å². The van der Waals surface area contributed by atoms with Crippen LogP contribution in [0.4, 0.5) is 11.4 Å². The van der Waals surface area contributed by atoms with Gasteiger partial charge >= 0.3 is 5.97 Å². The molecule has 0 aliphatic rings. The van der Waals surface area contributed by atoms with Crippen LogP contribution >= 0.6 is 0 Å². The summed E-state index contributed by atoms with van der Waals surface area (Å²) in [6.07, 6.45) is 1.75. The lowest BCUT2D eigenvalue weighted by Gasteiger charge is -2.10. The van der Waals surface area contributed by atoms with E-state index in [9.17, 15) is 14.9 Å². The van der Waals surface area contributed by atoms with Crippen molar-refractivity contribution in [2.45, 2.75) is 6.42 Å². The molecule has 0 aliphatic carbocycles. The molecule has 0 spiro atoms. The smallest absolute Gasteiger partial charge is 0.357 e. The lowest BCUT2D eigenvalue weighted by molar-refractivity contribution is -0.115. The highest BCUT2D eigenvalue weighted by molar-refractivity contribution is 5.96. The highest BCUT2D eigenvalue weighted by Gasteiger charge is 2.21. The van der Waals surface area contributed by atoms with Crippen molar-refractivity contribution in [1.82, 2.24) is 4.57 Å². The average Bonchev–Trinajstić information content (AvgIpc) is 3.05. The Balaban J connectivity index is 1.81. The first-order chi connectivity index (χ1) is 13.5. The number of nitrogen functional groups attached to an aromatic ring is 1. The van der Waals surface area contributed by atoms with Crippen LogP contribution in [0.5, 0.6) is 0 Å². The molecule has 0 fully saturated rings. The number of esters is 1. The molecule has 1 amide bonds. The van der Waals surface area contributed by atoms with Gasteiger partial charge in [0.25, 0.3) is 0 Å². The van der Waals surface area contributed by atoms with Gasteiger partial charge in [0, 0.05) is 17.6 Å². The number of nitrogens with zero attached hydrogens (tertiary/aromatic N) is 2. The zero-order valence-electron chi connectivity index (χ0n) is 15.2. The summed E-state index contributed by atoms with van der Waals surface area (Å²) in [6, 6.07) is 18.2. The number of anilines is 2. The number of rotatable bonds is 5. The van der Waals surface area contributed by atoms with E-state index in [1.165, 1.54) is 17.9 Å². The number of hydrogen-bond acceptors (Lipinski definition) is 5. The Bertz CT molecular complexity index is 1050. The number of aromatic nitrogens is 1. The monoisotopic (exact) mass is 374 g/mol. The molecule has 1 heterocycles. The Morgan fingerprint density at radius 2 is 1.82 bits per heavy atom. The summed E-state index contributed by atoms with van der Waals surface area (Å²) in [5, 5.41) is 12.0. The Hall–Kier alpha value is -4.05. The number of hydrogen-bond donors (Lipinski definition) is 2. The standard InChI is InChI=1S/C21H18N4O3/c1-28-21(27)20-19(23)15(12-22)13-25(20)17-9-7-16(8-10-17)24-18(26)11-14-5-3-2-4-6-14/h2-10,13H,11,23H2,1H3,(H,24,26). The van der Waals surface area contributed by atoms with Crippen LogP contribution in [0.2, 0.25) is 0 Å². The predicted octanol–water partition coefficient (Wildman–Crippen LogP) is 2.90. The van der Waals surface area contributed by atoms with E-state index in [1.807, 2.05) is 36.4 Å². The highest BCUT2D eigenvalue weighted by atomic mass is 16.5. The molecule has 1 aromatic heterocycles. The maximum absolute atomic E-state index is 12.2. The quantitative estimate of drug-likeness (QED) is 0.667. The SMILES string of the molecule is COC(=O)c1c(N)c(C#N)cn1-c1ccc(NC(=O)Cc2ccccc2)cc1. The normalized spacial score (nSPS) is 10.1. The highest BCUT2D eigenvalue weighted by Crippen LogP contribution is 2.25. The van der Waals surface area contributed by atoms with Gasteiger partial charge in [-0.05, 0) is 29.8 Å². The summed E-state index contributed by atoms with van der Waals surface area (Å²) in [7, 11) is 1.25. The van der Waals surface area contributed by atoms with Crippen molar-refractivity contribution in [3.8, 4) is 11.8 Å². The molecule has 0 radical (unpaired) electrons. The number of nitrogens with one attached hydrogen (secondary N) is 1. The predicted molar refractivity (Wildman–Crippen MR) is 105 cm³/mol. The molecule has 7 heteroatoms. The average molecular weight is 374 g/mol. The molecule has 3 rings (SSSR count). The zero-order chi connectivity index (χ0) is 20.1. The third-order valence-electron chi connectivity index (χ3n) is 4.18. The molecular formula is C21H18N4O3. The van der Waals surface area contributed by atoms with E-state index in [2.05, 4.69) is 5.32 Å². The van der Waals surface area contributed by atoms with Crippen molar-refractivity contribution >= 4 is 23.3 Å². The summed E-state index contributed by atoms with van der Waals surface area (Å²) < 4.78 is 6.26. The van der Waals surface area contributed by atoms with Gasteiger partial charge in [-0.1, -0.05) is 30.3 Å². The van der Waals surface area contributed by atoms with Gasteiger partial charge in [0.15, 0.2) is 5.69 Å². The molecule has 0 unspecified atom stereocenters. The van der Waals surface area contributed by atoms with Gasteiger partial charge in [0.1, 0.15) is 6.07 Å². The lowest BCUT2D eigenvalue weighted by Crippen LogP contribution is -2.14. The summed E-state index contributed by atoms with van der Waals surface area (Å²) in [5.74, 6) is -0.773. The van der Waals surface area contributed by atoms with Crippen LogP contribution in [0.3, 0.4) is 0 Å². The van der Waals surface area contributed by atoms with Crippen LogP contribution in [-0.4, -0.2) is 23.6 Å². The van der Waals surface area contributed by atoms with Crippen molar-refractivity contribution in [2.24, 2.45) is 0 Å². The van der Waals surface area contributed by atoms with Crippen molar-refractivity contribution in [1.29, 1.82) is 5.26 Å². The molecule has 3 N–H and O–H groups in total. The van der Waals surface area contributed by atoms with E-state index >= 15 is 0 Å². The molecule has 0 saturated heterocycles. The number of methoxy groups -OCH3 is 1. The third-order valence-corrected chi connectivity index (χ3v) is 4.18. The largest absolute Gasteiger partial charge is 0.464 e. The van der Waals surface area contributed by atoms with Crippen molar-refractivity contribution < 1.29 is 14.3 Å². The van der Waals surface area contributed by atoms with Crippen LogP contribution in [0.1, 0.15) is 21.6 Å². The molecule has 28 heavy (non-hydrogen) atoms. The van der Waals surface area contributed by atoms with E-state index in [0.29, 0.717) is 11.4 Å². The molecule has 0 bridgehead atoms.